The summed E-state index contributed by atoms with van der Waals surface area (Å²) in [5.74, 6) is 0.898. The van der Waals surface area contributed by atoms with Crippen LogP contribution >= 0.6 is 0 Å². The first kappa shape index (κ1) is 15.1. The zero-order valence-electron chi connectivity index (χ0n) is 13.9. The molecule has 126 valence electrons. The molecular formula is C17H22N6O. The zero-order chi connectivity index (χ0) is 16.5. The topological polar surface area (TPSA) is 57.5 Å². The second-order valence-corrected chi connectivity index (χ2v) is 6.44. The van der Waals surface area contributed by atoms with Crippen LogP contribution in [-0.4, -0.2) is 70.2 Å². The highest BCUT2D eigenvalue weighted by atomic mass is 16.2. The Balaban J connectivity index is 1.50. The van der Waals surface area contributed by atoms with Crippen LogP contribution in [0.3, 0.4) is 0 Å². The number of hydrogen-bond donors (Lipinski definition) is 0. The normalized spacial score (nSPS) is 18.5. The van der Waals surface area contributed by atoms with E-state index >= 15 is 0 Å². The molecule has 0 aromatic carbocycles. The molecule has 1 fully saturated rings. The summed E-state index contributed by atoms with van der Waals surface area (Å²) in [6.07, 6.45) is 1.79. The SMILES string of the molecule is CN1CCN(c2cccc(C(=O)N3CCn4nccc4C3)n2)CC1. The predicted molar refractivity (Wildman–Crippen MR) is 90.9 cm³/mol. The van der Waals surface area contributed by atoms with Crippen molar-refractivity contribution < 1.29 is 4.79 Å². The lowest BCUT2D eigenvalue weighted by Gasteiger charge is -2.33. The fourth-order valence-electron chi connectivity index (χ4n) is 3.28. The maximum absolute atomic E-state index is 12.8. The number of fused-ring (bicyclic) bond motifs is 1. The first-order valence-corrected chi connectivity index (χ1v) is 8.41. The standard InChI is InChI=1S/C17H22N6O/c1-20-7-9-21(10-8-20)16-4-2-3-15(19-16)17(24)22-11-12-23-14(13-22)5-6-18-23/h2-6H,7-13H2,1H3. The summed E-state index contributed by atoms with van der Waals surface area (Å²) >= 11 is 0. The highest BCUT2D eigenvalue weighted by Crippen LogP contribution is 2.17. The summed E-state index contributed by atoms with van der Waals surface area (Å²) in [7, 11) is 2.13. The number of carbonyl (C=O) groups is 1. The molecule has 0 aliphatic carbocycles. The van der Waals surface area contributed by atoms with Gasteiger partial charge in [0.15, 0.2) is 0 Å². The van der Waals surface area contributed by atoms with Crippen molar-refractivity contribution in [1.82, 2.24) is 24.6 Å². The molecule has 0 radical (unpaired) electrons. The summed E-state index contributed by atoms with van der Waals surface area (Å²) < 4.78 is 1.96. The number of likely N-dealkylation sites (N-methyl/N-ethyl adjacent to an activating group) is 1. The fourth-order valence-corrected chi connectivity index (χ4v) is 3.28. The molecule has 2 aromatic rings. The van der Waals surface area contributed by atoms with Crippen LogP contribution in [0.5, 0.6) is 0 Å². The molecule has 7 nitrogen and oxygen atoms in total. The van der Waals surface area contributed by atoms with Gasteiger partial charge in [0.05, 0.1) is 18.8 Å². The lowest BCUT2D eigenvalue weighted by Crippen LogP contribution is -2.45. The summed E-state index contributed by atoms with van der Waals surface area (Å²) in [4.78, 5) is 23.9. The van der Waals surface area contributed by atoms with E-state index in [0.717, 1.165) is 44.2 Å². The monoisotopic (exact) mass is 326 g/mol. The minimum atomic E-state index is -0.00146. The molecule has 1 amide bonds. The molecular weight excluding hydrogens is 304 g/mol. The predicted octanol–water partition coefficient (Wildman–Crippen LogP) is 0.686. The van der Waals surface area contributed by atoms with Crippen molar-refractivity contribution in [3.05, 3.63) is 41.9 Å². The molecule has 7 heteroatoms. The summed E-state index contributed by atoms with van der Waals surface area (Å²) in [6, 6.07) is 7.71. The first-order chi connectivity index (χ1) is 11.7. The summed E-state index contributed by atoms with van der Waals surface area (Å²) in [6.45, 7) is 5.96. The van der Waals surface area contributed by atoms with Gasteiger partial charge in [-0.05, 0) is 25.2 Å². The van der Waals surface area contributed by atoms with Crippen molar-refractivity contribution in [3.63, 3.8) is 0 Å². The molecule has 0 atom stereocenters. The van der Waals surface area contributed by atoms with Crippen LogP contribution in [0.25, 0.3) is 0 Å². The van der Waals surface area contributed by atoms with Gasteiger partial charge in [0.25, 0.3) is 5.91 Å². The highest BCUT2D eigenvalue weighted by Gasteiger charge is 2.24. The maximum atomic E-state index is 12.8. The Bertz CT molecular complexity index is 734. The summed E-state index contributed by atoms with van der Waals surface area (Å²) in [5.41, 5.74) is 1.60. The van der Waals surface area contributed by atoms with Gasteiger partial charge in [-0.2, -0.15) is 5.10 Å². The second kappa shape index (κ2) is 6.24. The van der Waals surface area contributed by atoms with Gasteiger partial charge in [-0.1, -0.05) is 6.07 Å². The Labute approximate surface area is 141 Å². The van der Waals surface area contributed by atoms with Crippen molar-refractivity contribution in [3.8, 4) is 0 Å². The van der Waals surface area contributed by atoms with Crippen LogP contribution in [0.15, 0.2) is 30.5 Å². The molecule has 2 aliphatic heterocycles. The van der Waals surface area contributed by atoms with Crippen LogP contribution in [-0.2, 0) is 13.1 Å². The molecule has 1 saturated heterocycles. The quantitative estimate of drug-likeness (QED) is 0.812. The smallest absolute Gasteiger partial charge is 0.272 e. The van der Waals surface area contributed by atoms with E-state index in [1.807, 2.05) is 33.8 Å². The fraction of sp³-hybridized carbons (Fsp3) is 0.471. The molecule has 0 unspecified atom stereocenters. The maximum Gasteiger partial charge on any atom is 0.272 e. The molecule has 24 heavy (non-hydrogen) atoms. The van der Waals surface area contributed by atoms with Gasteiger partial charge >= 0.3 is 0 Å². The van der Waals surface area contributed by atoms with Crippen molar-refractivity contribution in [1.29, 1.82) is 0 Å². The van der Waals surface area contributed by atoms with E-state index in [2.05, 4.69) is 26.9 Å². The van der Waals surface area contributed by atoms with Crippen molar-refractivity contribution in [2.45, 2.75) is 13.1 Å². The molecule has 0 spiro atoms. The number of rotatable bonds is 2. The van der Waals surface area contributed by atoms with Crippen LogP contribution in [0.1, 0.15) is 16.2 Å². The third-order valence-electron chi connectivity index (χ3n) is 4.81. The molecule has 0 bridgehead atoms. The van der Waals surface area contributed by atoms with Crippen molar-refractivity contribution in [2.24, 2.45) is 0 Å². The minimum Gasteiger partial charge on any atom is -0.354 e. The van der Waals surface area contributed by atoms with Gasteiger partial charge in [0.2, 0.25) is 0 Å². The lowest BCUT2D eigenvalue weighted by molar-refractivity contribution is 0.0700. The number of carbonyl (C=O) groups excluding carboxylic acids is 1. The van der Waals surface area contributed by atoms with Gasteiger partial charge < -0.3 is 14.7 Å². The largest absolute Gasteiger partial charge is 0.354 e. The number of hydrogen-bond acceptors (Lipinski definition) is 5. The number of pyridine rings is 1. The van der Waals surface area contributed by atoms with Gasteiger partial charge in [0.1, 0.15) is 11.5 Å². The number of anilines is 1. The molecule has 0 N–H and O–H groups in total. The van der Waals surface area contributed by atoms with E-state index in [4.69, 9.17) is 0 Å². The van der Waals surface area contributed by atoms with Crippen LogP contribution in [0.4, 0.5) is 5.82 Å². The van der Waals surface area contributed by atoms with E-state index in [0.29, 0.717) is 18.8 Å². The van der Waals surface area contributed by atoms with Crippen LogP contribution in [0.2, 0.25) is 0 Å². The highest BCUT2D eigenvalue weighted by molar-refractivity contribution is 5.92. The van der Waals surface area contributed by atoms with Crippen LogP contribution in [0, 0.1) is 0 Å². The summed E-state index contributed by atoms with van der Waals surface area (Å²) in [5, 5.41) is 4.26. The van der Waals surface area contributed by atoms with Gasteiger partial charge in [-0.3, -0.25) is 9.48 Å². The van der Waals surface area contributed by atoms with E-state index in [1.54, 1.807) is 6.20 Å². The van der Waals surface area contributed by atoms with Crippen LogP contribution < -0.4 is 4.90 Å². The van der Waals surface area contributed by atoms with E-state index in [1.165, 1.54) is 0 Å². The number of aromatic nitrogens is 3. The Morgan fingerprint density at radius 2 is 1.88 bits per heavy atom. The Kier molecular flexibility index (Phi) is 3.93. The molecule has 2 aromatic heterocycles. The number of nitrogens with zero attached hydrogens (tertiary/aromatic N) is 6. The van der Waals surface area contributed by atoms with E-state index < -0.39 is 0 Å². The van der Waals surface area contributed by atoms with Crippen molar-refractivity contribution >= 4 is 11.7 Å². The van der Waals surface area contributed by atoms with Gasteiger partial charge in [-0.15, -0.1) is 0 Å². The Morgan fingerprint density at radius 3 is 2.71 bits per heavy atom. The second-order valence-electron chi connectivity index (χ2n) is 6.44. The van der Waals surface area contributed by atoms with E-state index in [9.17, 15) is 4.79 Å². The molecule has 4 rings (SSSR count). The zero-order valence-corrected chi connectivity index (χ0v) is 13.9. The Morgan fingerprint density at radius 1 is 1.04 bits per heavy atom. The molecule has 4 heterocycles. The third kappa shape index (κ3) is 2.87. The number of piperazine rings is 1. The average molecular weight is 326 g/mol. The first-order valence-electron chi connectivity index (χ1n) is 8.41. The Hall–Kier alpha value is -2.41. The van der Waals surface area contributed by atoms with Gasteiger partial charge in [0, 0.05) is 38.9 Å². The molecule has 0 saturated carbocycles. The third-order valence-corrected chi connectivity index (χ3v) is 4.81. The number of amides is 1. The molecule has 2 aliphatic rings. The van der Waals surface area contributed by atoms with E-state index in [-0.39, 0.29) is 5.91 Å². The average Bonchev–Trinajstić information content (AvgIpc) is 3.09. The van der Waals surface area contributed by atoms with Crippen molar-refractivity contribution in [2.75, 3.05) is 44.7 Å². The lowest BCUT2D eigenvalue weighted by atomic mass is 10.2. The minimum absolute atomic E-state index is 0.00146. The van der Waals surface area contributed by atoms with Gasteiger partial charge in [-0.25, -0.2) is 4.98 Å².